The van der Waals surface area contributed by atoms with E-state index in [-0.39, 0.29) is 11.8 Å². The lowest BCUT2D eigenvalue weighted by molar-refractivity contribution is -0.119. The number of benzene rings is 1. The van der Waals surface area contributed by atoms with Gasteiger partial charge in [-0.15, -0.1) is 0 Å². The summed E-state index contributed by atoms with van der Waals surface area (Å²) in [5.41, 5.74) is 2.40. The zero-order chi connectivity index (χ0) is 12.4. The van der Waals surface area contributed by atoms with Crippen molar-refractivity contribution >= 4 is 11.6 Å². The number of hydrogen-bond donors (Lipinski definition) is 0. The van der Waals surface area contributed by atoms with Crippen molar-refractivity contribution < 1.29 is 4.79 Å². The number of anilines is 1. The molecule has 1 aromatic rings. The van der Waals surface area contributed by atoms with Gasteiger partial charge in [-0.3, -0.25) is 4.79 Å². The van der Waals surface area contributed by atoms with Crippen LogP contribution < -0.4 is 4.90 Å². The van der Waals surface area contributed by atoms with E-state index in [0.29, 0.717) is 5.92 Å². The number of amides is 1. The van der Waals surface area contributed by atoms with Crippen molar-refractivity contribution in [3.05, 3.63) is 29.8 Å². The average Bonchev–Trinajstić information content (AvgIpc) is 2.69. The van der Waals surface area contributed by atoms with E-state index in [1.165, 1.54) is 5.56 Å². The zero-order valence-corrected chi connectivity index (χ0v) is 10.9. The molecule has 1 aliphatic heterocycles. The Balaban J connectivity index is 2.16. The van der Waals surface area contributed by atoms with Gasteiger partial charge in [-0.1, -0.05) is 32.9 Å². The van der Waals surface area contributed by atoms with E-state index in [9.17, 15) is 4.79 Å². The van der Waals surface area contributed by atoms with E-state index < -0.39 is 0 Å². The van der Waals surface area contributed by atoms with Gasteiger partial charge in [0.15, 0.2) is 0 Å². The van der Waals surface area contributed by atoms with Gasteiger partial charge in [-0.05, 0) is 36.5 Å². The highest BCUT2D eigenvalue weighted by atomic mass is 16.2. The first-order valence-electron chi connectivity index (χ1n) is 6.54. The van der Waals surface area contributed by atoms with E-state index in [1.807, 2.05) is 11.8 Å². The fourth-order valence-corrected chi connectivity index (χ4v) is 2.30. The van der Waals surface area contributed by atoms with Crippen molar-refractivity contribution in [1.29, 1.82) is 0 Å². The SMILES string of the molecule is CCC(C)c1ccc(N2CCC(C)C2=O)cc1. The Morgan fingerprint density at radius 1 is 1.35 bits per heavy atom. The molecule has 0 spiro atoms. The Bertz CT molecular complexity index is 396. The van der Waals surface area contributed by atoms with Gasteiger partial charge in [-0.25, -0.2) is 0 Å². The lowest BCUT2D eigenvalue weighted by Gasteiger charge is -2.17. The molecule has 0 N–H and O–H groups in total. The molecule has 1 saturated heterocycles. The molecule has 0 saturated carbocycles. The van der Waals surface area contributed by atoms with E-state index in [0.717, 1.165) is 25.1 Å². The predicted octanol–water partition coefficient (Wildman–Crippen LogP) is 3.57. The summed E-state index contributed by atoms with van der Waals surface area (Å²) in [5, 5.41) is 0. The monoisotopic (exact) mass is 231 g/mol. The van der Waals surface area contributed by atoms with Gasteiger partial charge in [0.25, 0.3) is 0 Å². The summed E-state index contributed by atoms with van der Waals surface area (Å²) in [6, 6.07) is 8.47. The maximum absolute atomic E-state index is 11.9. The molecule has 2 unspecified atom stereocenters. The van der Waals surface area contributed by atoms with Crippen molar-refractivity contribution in [2.24, 2.45) is 5.92 Å². The third kappa shape index (κ3) is 2.36. The van der Waals surface area contributed by atoms with Crippen LogP contribution in [0.15, 0.2) is 24.3 Å². The lowest BCUT2D eigenvalue weighted by Crippen LogP contribution is -2.26. The van der Waals surface area contributed by atoms with Crippen molar-refractivity contribution in [1.82, 2.24) is 0 Å². The first-order chi connectivity index (χ1) is 8.13. The zero-order valence-electron chi connectivity index (χ0n) is 10.9. The third-order valence-corrected chi connectivity index (χ3v) is 3.86. The fourth-order valence-electron chi connectivity index (χ4n) is 2.30. The minimum absolute atomic E-state index is 0.184. The fraction of sp³-hybridized carbons (Fsp3) is 0.533. The smallest absolute Gasteiger partial charge is 0.229 e. The first-order valence-corrected chi connectivity index (χ1v) is 6.54. The molecule has 1 heterocycles. The molecule has 92 valence electrons. The van der Waals surface area contributed by atoms with Crippen LogP contribution in [0.4, 0.5) is 5.69 Å². The van der Waals surface area contributed by atoms with E-state index in [1.54, 1.807) is 0 Å². The van der Waals surface area contributed by atoms with Gasteiger partial charge in [0, 0.05) is 18.2 Å². The van der Waals surface area contributed by atoms with Crippen LogP contribution in [0.25, 0.3) is 0 Å². The molecule has 1 fully saturated rings. The Kier molecular flexibility index (Phi) is 3.51. The van der Waals surface area contributed by atoms with Crippen LogP contribution in [0, 0.1) is 5.92 Å². The quantitative estimate of drug-likeness (QED) is 0.778. The van der Waals surface area contributed by atoms with Crippen LogP contribution in [0.3, 0.4) is 0 Å². The van der Waals surface area contributed by atoms with Gasteiger partial charge in [-0.2, -0.15) is 0 Å². The summed E-state index contributed by atoms with van der Waals surface area (Å²) < 4.78 is 0. The molecule has 2 heteroatoms. The molecule has 1 amide bonds. The van der Waals surface area contributed by atoms with E-state index in [2.05, 4.69) is 38.1 Å². The van der Waals surface area contributed by atoms with Crippen LogP contribution in [-0.4, -0.2) is 12.5 Å². The van der Waals surface area contributed by atoms with Gasteiger partial charge in [0.1, 0.15) is 0 Å². The molecule has 2 rings (SSSR count). The number of carbonyl (C=O) groups is 1. The summed E-state index contributed by atoms with van der Waals surface area (Å²) in [5.74, 6) is 1.04. The van der Waals surface area contributed by atoms with Crippen molar-refractivity contribution in [3.63, 3.8) is 0 Å². The van der Waals surface area contributed by atoms with Crippen LogP contribution in [0.1, 0.15) is 45.1 Å². The minimum atomic E-state index is 0.184. The summed E-state index contributed by atoms with van der Waals surface area (Å²) >= 11 is 0. The summed E-state index contributed by atoms with van der Waals surface area (Å²) in [6.07, 6.45) is 2.13. The van der Waals surface area contributed by atoms with E-state index >= 15 is 0 Å². The Labute approximate surface area is 104 Å². The number of rotatable bonds is 3. The summed E-state index contributed by atoms with van der Waals surface area (Å²) in [6.45, 7) is 7.31. The second-order valence-electron chi connectivity index (χ2n) is 5.08. The molecule has 0 aliphatic carbocycles. The average molecular weight is 231 g/mol. The molecule has 1 aromatic carbocycles. The molecular weight excluding hydrogens is 210 g/mol. The maximum Gasteiger partial charge on any atom is 0.229 e. The summed E-state index contributed by atoms with van der Waals surface area (Å²) in [4.78, 5) is 13.8. The second kappa shape index (κ2) is 4.91. The molecule has 1 aliphatic rings. The highest BCUT2D eigenvalue weighted by Crippen LogP contribution is 2.27. The number of hydrogen-bond acceptors (Lipinski definition) is 1. The topological polar surface area (TPSA) is 20.3 Å². The number of carbonyl (C=O) groups excluding carboxylic acids is 1. The molecule has 0 radical (unpaired) electrons. The van der Waals surface area contributed by atoms with Crippen LogP contribution in [-0.2, 0) is 4.79 Å². The lowest BCUT2D eigenvalue weighted by atomic mass is 9.98. The molecular formula is C15H21NO. The second-order valence-corrected chi connectivity index (χ2v) is 5.08. The van der Waals surface area contributed by atoms with Crippen LogP contribution in [0.5, 0.6) is 0 Å². The van der Waals surface area contributed by atoms with Crippen molar-refractivity contribution in [2.75, 3.05) is 11.4 Å². The highest BCUT2D eigenvalue weighted by molar-refractivity contribution is 5.96. The predicted molar refractivity (Wildman–Crippen MR) is 71.3 cm³/mol. The van der Waals surface area contributed by atoms with Crippen LogP contribution in [0.2, 0.25) is 0 Å². The van der Waals surface area contributed by atoms with Crippen molar-refractivity contribution in [3.8, 4) is 0 Å². The van der Waals surface area contributed by atoms with Gasteiger partial charge < -0.3 is 4.90 Å². The van der Waals surface area contributed by atoms with E-state index in [4.69, 9.17) is 0 Å². The molecule has 2 nitrogen and oxygen atoms in total. The molecule has 0 aromatic heterocycles. The third-order valence-electron chi connectivity index (χ3n) is 3.86. The van der Waals surface area contributed by atoms with Crippen LogP contribution >= 0.6 is 0 Å². The largest absolute Gasteiger partial charge is 0.312 e. The Morgan fingerprint density at radius 2 is 2.00 bits per heavy atom. The number of nitrogens with zero attached hydrogens (tertiary/aromatic N) is 1. The standard InChI is InChI=1S/C15H21NO/c1-4-11(2)13-5-7-14(8-6-13)16-10-9-12(3)15(16)17/h5-8,11-12H,4,9-10H2,1-3H3. The highest BCUT2D eigenvalue weighted by Gasteiger charge is 2.28. The van der Waals surface area contributed by atoms with Gasteiger partial charge in [0.2, 0.25) is 5.91 Å². The normalized spacial score (nSPS) is 21.9. The molecule has 2 atom stereocenters. The Morgan fingerprint density at radius 3 is 2.47 bits per heavy atom. The molecule has 17 heavy (non-hydrogen) atoms. The van der Waals surface area contributed by atoms with Crippen molar-refractivity contribution in [2.45, 2.75) is 39.5 Å². The Hall–Kier alpha value is -1.31. The molecule has 0 bridgehead atoms. The van der Waals surface area contributed by atoms with Gasteiger partial charge in [0.05, 0.1) is 0 Å². The minimum Gasteiger partial charge on any atom is -0.312 e. The first kappa shape index (κ1) is 12.2. The maximum atomic E-state index is 11.9. The van der Waals surface area contributed by atoms with Gasteiger partial charge >= 0.3 is 0 Å². The summed E-state index contributed by atoms with van der Waals surface area (Å²) in [7, 11) is 0.